The molecule has 0 radical (unpaired) electrons. The molecule has 48 heavy (non-hydrogen) atoms. The van der Waals surface area contributed by atoms with Gasteiger partial charge in [-0.2, -0.15) is 0 Å². The van der Waals surface area contributed by atoms with E-state index in [1.165, 1.54) is 59.9 Å². The van der Waals surface area contributed by atoms with Crippen LogP contribution in [0.15, 0.2) is 150 Å². The van der Waals surface area contributed by atoms with E-state index >= 15 is 0 Å². The first-order valence-corrected chi connectivity index (χ1v) is 17.7. The number of hydrogen-bond acceptors (Lipinski definition) is 2. The van der Waals surface area contributed by atoms with Crippen LogP contribution in [0.5, 0.6) is 5.75 Å². The molecule has 2 aliphatic rings. The Labute approximate surface area is 283 Å². The first-order valence-electron chi connectivity index (χ1n) is 16.5. The van der Waals surface area contributed by atoms with E-state index in [-0.39, 0.29) is 0 Å². The van der Waals surface area contributed by atoms with Crippen molar-refractivity contribution in [2.75, 3.05) is 6.26 Å². The molecule has 0 saturated heterocycles. The Balaban J connectivity index is 1.18. The molecule has 0 amide bonds. The minimum Gasteiger partial charge on any atom is -0.472 e. The molecule has 1 aromatic heterocycles. The molecule has 1 aliphatic carbocycles. The zero-order chi connectivity index (χ0) is 32.0. The number of aromatic nitrogens is 1. The fraction of sp³-hybridized carbons (Fsp3) is 0.0667. The summed E-state index contributed by atoms with van der Waals surface area (Å²) in [5, 5.41) is 4.98. The summed E-state index contributed by atoms with van der Waals surface area (Å²) in [6.45, 7) is 2.25. The molecule has 7 aromatic carbocycles. The van der Waals surface area contributed by atoms with E-state index in [9.17, 15) is 0 Å². The van der Waals surface area contributed by atoms with Crippen molar-refractivity contribution in [1.29, 1.82) is 0 Å². The molecular weight excluding hydrogens is 603 g/mol. The second kappa shape index (κ2) is 10.2. The van der Waals surface area contributed by atoms with Crippen molar-refractivity contribution in [3.63, 3.8) is 0 Å². The maximum Gasteiger partial charge on any atom is 0.178 e. The van der Waals surface area contributed by atoms with Crippen LogP contribution in [0.1, 0.15) is 22.3 Å². The monoisotopic (exact) mass is 633 g/mol. The number of benzene rings is 7. The lowest BCUT2D eigenvalue weighted by Gasteiger charge is -2.37. The summed E-state index contributed by atoms with van der Waals surface area (Å²) in [6.07, 6.45) is 6.70. The van der Waals surface area contributed by atoms with Gasteiger partial charge < -0.3 is 9.30 Å². The standard InChI is InChI=1S/C45H31NOS/c1-28-33-26-27-45(30-20-24-32(48-2)25-21-30,47-44(33)39-15-9-14-38-34-10-3-4-13-37(34)42(28)43(38)39)29-18-22-31(23-19-29)46-40-16-7-5-11-35(40)36-12-6-8-17-41(36)46/h3-27H,1-2H3. The highest BCUT2D eigenvalue weighted by atomic mass is 32.2. The van der Waals surface area contributed by atoms with Gasteiger partial charge in [0.05, 0.1) is 11.0 Å². The molecule has 2 nitrogen and oxygen atoms in total. The van der Waals surface area contributed by atoms with E-state index in [4.69, 9.17) is 4.74 Å². The number of fused-ring (bicyclic) bond motifs is 8. The molecule has 0 fully saturated rings. The molecular formula is C45H31NOS. The largest absolute Gasteiger partial charge is 0.472 e. The van der Waals surface area contributed by atoms with Crippen LogP contribution in [0.25, 0.3) is 66.6 Å². The summed E-state index contributed by atoms with van der Waals surface area (Å²) in [5.74, 6) is 0.948. The van der Waals surface area contributed by atoms with Crippen molar-refractivity contribution in [3.8, 4) is 33.7 Å². The molecule has 228 valence electrons. The number of para-hydroxylation sites is 2. The molecule has 8 aromatic rings. The predicted molar refractivity (Wildman–Crippen MR) is 203 cm³/mol. The first-order chi connectivity index (χ1) is 23.7. The molecule has 10 rings (SSSR count). The van der Waals surface area contributed by atoms with Gasteiger partial charge in [0.25, 0.3) is 0 Å². The Morgan fingerprint density at radius 1 is 0.583 bits per heavy atom. The quantitative estimate of drug-likeness (QED) is 0.179. The molecule has 1 aliphatic heterocycles. The average molecular weight is 634 g/mol. The van der Waals surface area contributed by atoms with Crippen LogP contribution in [0.2, 0.25) is 0 Å². The molecule has 0 saturated carbocycles. The molecule has 3 heteroatoms. The molecule has 0 bridgehead atoms. The fourth-order valence-corrected chi connectivity index (χ4v) is 8.63. The highest BCUT2D eigenvalue weighted by Crippen LogP contribution is 2.55. The molecule has 1 unspecified atom stereocenters. The Bertz CT molecular complexity index is 2570. The van der Waals surface area contributed by atoms with Gasteiger partial charge >= 0.3 is 0 Å². The first kappa shape index (κ1) is 27.6. The van der Waals surface area contributed by atoms with Gasteiger partial charge in [-0.25, -0.2) is 0 Å². The maximum absolute atomic E-state index is 7.47. The van der Waals surface area contributed by atoms with Gasteiger partial charge in [0.15, 0.2) is 5.60 Å². The third-order valence-electron chi connectivity index (χ3n) is 10.5. The van der Waals surface area contributed by atoms with Crippen LogP contribution in [0.4, 0.5) is 0 Å². The van der Waals surface area contributed by atoms with E-state index in [1.807, 2.05) is 0 Å². The summed E-state index contributed by atoms with van der Waals surface area (Å²) in [7, 11) is 0. The van der Waals surface area contributed by atoms with Crippen LogP contribution >= 0.6 is 11.8 Å². The fourth-order valence-electron chi connectivity index (χ4n) is 8.23. The van der Waals surface area contributed by atoms with Gasteiger partial charge in [-0.15, -0.1) is 11.8 Å². The lowest BCUT2D eigenvalue weighted by Crippen LogP contribution is -2.34. The van der Waals surface area contributed by atoms with Gasteiger partial charge in [-0.3, -0.25) is 0 Å². The van der Waals surface area contributed by atoms with E-state index < -0.39 is 5.60 Å². The smallest absolute Gasteiger partial charge is 0.178 e. The topological polar surface area (TPSA) is 14.2 Å². The third-order valence-corrected chi connectivity index (χ3v) is 11.2. The van der Waals surface area contributed by atoms with Crippen molar-refractivity contribution in [2.24, 2.45) is 0 Å². The predicted octanol–water partition coefficient (Wildman–Crippen LogP) is 12.0. The zero-order valence-electron chi connectivity index (χ0n) is 26.7. The Morgan fingerprint density at radius 3 is 1.85 bits per heavy atom. The van der Waals surface area contributed by atoms with Gasteiger partial charge in [0.2, 0.25) is 0 Å². The minimum atomic E-state index is -0.804. The number of ether oxygens (including phenoxy) is 1. The van der Waals surface area contributed by atoms with E-state index in [0.717, 1.165) is 33.5 Å². The SMILES string of the molecule is CSc1ccc(C2(c3ccc(-n4c5ccccc5c5ccccc54)cc3)C=Cc3c(C)c4c5c(cccc5c3O2)-c2ccccc2-4)cc1. The lowest BCUT2D eigenvalue weighted by atomic mass is 9.82. The summed E-state index contributed by atoms with van der Waals surface area (Å²) in [6, 6.07) is 50.6. The second-order valence-electron chi connectivity index (χ2n) is 12.8. The maximum atomic E-state index is 7.47. The second-order valence-corrected chi connectivity index (χ2v) is 13.7. The third kappa shape index (κ3) is 3.71. The van der Waals surface area contributed by atoms with Gasteiger partial charge in [0.1, 0.15) is 5.75 Å². The van der Waals surface area contributed by atoms with Crippen LogP contribution in [-0.2, 0) is 5.60 Å². The van der Waals surface area contributed by atoms with Gasteiger partial charge in [-0.05, 0) is 83.5 Å². The molecule has 0 spiro atoms. The van der Waals surface area contributed by atoms with E-state index in [0.29, 0.717) is 0 Å². The summed E-state index contributed by atoms with van der Waals surface area (Å²) >= 11 is 1.76. The summed E-state index contributed by atoms with van der Waals surface area (Å²) in [5.41, 5.74) is 12.6. The zero-order valence-corrected chi connectivity index (χ0v) is 27.5. The Hall–Kier alpha value is -5.51. The minimum absolute atomic E-state index is 0.804. The van der Waals surface area contributed by atoms with Crippen LogP contribution in [0, 0.1) is 6.92 Å². The van der Waals surface area contributed by atoms with Gasteiger partial charge in [0, 0.05) is 48.8 Å². The Kier molecular flexibility index (Phi) is 5.89. The van der Waals surface area contributed by atoms with Crippen LogP contribution in [0.3, 0.4) is 0 Å². The summed E-state index contributed by atoms with van der Waals surface area (Å²) in [4.78, 5) is 1.23. The molecule has 2 heterocycles. The highest BCUT2D eigenvalue weighted by Gasteiger charge is 2.39. The van der Waals surface area contributed by atoms with Crippen molar-refractivity contribution < 1.29 is 4.74 Å². The van der Waals surface area contributed by atoms with E-state index in [1.54, 1.807) is 11.8 Å². The molecule has 1 atom stereocenters. The van der Waals surface area contributed by atoms with Crippen molar-refractivity contribution in [2.45, 2.75) is 17.4 Å². The summed E-state index contributed by atoms with van der Waals surface area (Å²) < 4.78 is 9.84. The normalized spacial score (nSPS) is 16.0. The number of hydrogen-bond donors (Lipinski definition) is 0. The van der Waals surface area contributed by atoms with Crippen LogP contribution < -0.4 is 4.74 Å². The number of thioether (sulfide) groups is 1. The highest BCUT2D eigenvalue weighted by molar-refractivity contribution is 7.98. The van der Waals surface area contributed by atoms with Crippen molar-refractivity contribution in [1.82, 2.24) is 4.57 Å². The Morgan fingerprint density at radius 2 is 1.17 bits per heavy atom. The number of rotatable bonds is 4. The van der Waals surface area contributed by atoms with Crippen molar-refractivity contribution >= 4 is 50.4 Å². The number of nitrogens with zero attached hydrogens (tertiary/aromatic N) is 1. The van der Waals surface area contributed by atoms with E-state index in [2.05, 4.69) is 169 Å². The molecule has 0 N–H and O–H groups in total. The van der Waals surface area contributed by atoms with Crippen molar-refractivity contribution in [3.05, 3.63) is 168 Å². The lowest BCUT2D eigenvalue weighted by molar-refractivity contribution is 0.163. The average Bonchev–Trinajstić information content (AvgIpc) is 3.68. The van der Waals surface area contributed by atoms with Gasteiger partial charge in [-0.1, -0.05) is 109 Å². The van der Waals surface area contributed by atoms with Crippen LogP contribution in [-0.4, -0.2) is 10.8 Å².